The van der Waals surface area contributed by atoms with Crippen LogP contribution in [0.3, 0.4) is 0 Å². The van der Waals surface area contributed by atoms with Crippen LogP contribution in [-0.2, 0) is 0 Å². The van der Waals surface area contributed by atoms with Crippen LogP contribution < -0.4 is 10.1 Å². The van der Waals surface area contributed by atoms with Gasteiger partial charge in [-0.25, -0.2) is 4.68 Å². The van der Waals surface area contributed by atoms with E-state index >= 15 is 0 Å². The van der Waals surface area contributed by atoms with Crippen molar-refractivity contribution in [2.24, 2.45) is 0 Å². The maximum atomic E-state index is 6.03. The lowest BCUT2D eigenvalue weighted by Gasteiger charge is -2.34. The topological polar surface area (TPSA) is 52.0 Å². The van der Waals surface area contributed by atoms with Crippen molar-refractivity contribution in [2.45, 2.75) is 13.0 Å². The molecule has 2 aliphatic heterocycles. The lowest BCUT2D eigenvalue weighted by atomic mass is 9.91. The van der Waals surface area contributed by atoms with Gasteiger partial charge in [0.1, 0.15) is 24.7 Å². The van der Waals surface area contributed by atoms with Gasteiger partial charge in [-0.15, -0.1) is 0 Å². The number of nitrogens with zero attached hydrogens (tertiary/aromatic N) is 3. The maximum absolute atomic E-state index is 6.03. The van der Waals surface area contributed by atoms with E-state index in [1.807, 2.05) is 16.8 Å². The zero-order valence-corrected chi connectivity index (χ0v) is 13.2. The number of nitrogens with one attached hydrogen (secondary N) is 1. The first-order chi connectivity index (χ1) is 11.8. The van der Waals surface area contributed by atoms with Gasteiger partial charge in [0.15, 0.2) is 0 Å². The SMILES string of the molecule is Cc1ccc2c(c1)C1=C(CO2)[C@@H](c2ccccc2)n2ncnc2N1. The molecule has 0 bridgehead atoms. The molecular weight excluding hydrogens is 300 g/mol. The molecule has 118 valence electrons. The van der Waals surface area contributed by atoms with Crippen LogP contribution in [0.5, 0.6) is 5.75 Å². The second kappa shape index (κ2) is 4.96. The van der Waals surface area contributed by atoms with Crippen LogP contribution in [0.4, 0.5) is 5.95 Å². The fourth-order valence-electron chi connectivity index (χ4n) is 3.49. The van der Waals surface area contributed by atoms with E-state index in [1.54, 1.807) is 6.33 Å². The Hall–Kier alpha value is -3.08. The molecule has 0 aliphatic carbocycles. The zero-order valence-electron chi connectivity index (χ0n) is 13.2. The lowest BCUT2D eigenvalue weighted by molar-refractivity contribution is 0.328. The molecule has 5 nitrogen and oxygen atoms in total. The summed E-state index contributed by atoms with van der Waals surface area (Å²) in [6.45, 7) is 2.63. The van der Waals surface area contributed by atoms with Crippen molar-refractivity contribution >= 4 is 11.6 Å². The predicted octanol–water partition coefficient (Wildman–Crippen LogP) is 3.41. The van der Waals surface area contributed by atoms with Crippen molar-refractivity contribution in [3.63, 3.8) is 0 Å². The Kier molecular flexibility index (Phi) is 2.76. The molecule has 1 N–H and O–H groups in total. The Morgan fingerprint density at radius 3 is 2.92 bits per heavy atom. The second-order valence-electron chi connectivity index (χ2n) is 6.15. The second-order valence-corrected chi connectivity index (χ2v) is 6.15. The number of benzene rings is 2. The molecule has 1 atom stereocenters. The van der Waals surface area contributed by atoms with E-state index in [-0.39, 0.29) is 6.04 Å². The molecular formula is C19H16N4O. The lowest BCUT2D eigenvalue weighted by Crippen LogP contribution is -2.30. The van der Waals surface area contributed by atoms with E-state index in [0.29, 0.717) is 6.61 Å². The Bertz CT molecular complexity index is 959. The minimum Gasteiger partial charge on any atom is -0.488 e. The summed E-state index contributed by atoms with van der Waals surface area (Å²) in [7, 11) is 0. The molecule has 0 fully saturated rings. The number of anilines is 1. The summed E-state index contributed by atoms with van der Waals surface area (Å²) in [5.74, 6) is 1.67. The number of fused-ring (bicyclic) bond motifs is 3. The van der Waals surface area contributed by atoms with E-state index in [1.165, 1.54) is 16.7 Å². The van der Waals surface area contributed by atoms with E-state index in [2.05, 4.69) is 58.7 Å². The summed E-state index contributed by atoms with van der Waals surface area (Å²) in [6, 6.07) is 16.6. The van der Waals surface area contributed by atoms with Gasteiger partial charge in [0, 0.05) is 11.1 Å². The van der Waals surface area contributed by atoms with E-state index in [9.17, 15) is 0 Å². The van der Waals surface area contributed by atoms with Crippen LogP contribution >= 0.6 is 0 Å². The van der Waals surface area contributed by atoms with Gasteiger partial charge < -0.3 is 10.1 Å². The van der Waals surface area contributed by atoms with Crippen LogP contribution in [0.1, 0.15) is 22.7 Å². The van der Waals surface area contributed by atoms with Gasteiger partial charge in [0.2, 0.25) is 5.95 Å². The largest absolute Gasteiger partial charge is 0.488 e. The summed E-state index contributed by atoms with van der Waals surface area (Å²) < 4.78 is 7.96. The highest BCUT2D eigenvalue weighted by Crippen LogP contribution is 2.43. The highest BCUT2D eigenvalue weighted by Gasteiger charge is 2.34. The minimum absolute atomic E-state index is 0.00591. The third-order valence-corrected chi connectivity index (χ3v) is 4.61. The molecule has 24 heavy (non-hydrogen) atoms. The van der Waals surface area contributed by atoms with Crippen molar-refractivity contribution in [1.29, 1.82) is 0 Å². The molecule has 0 unspecified atom stereocenters. The first-order valence-corrected chi connectivity index (χ1v) is 7.99. The maximum Gasteiger partial charge on any atom is 0.226 e. The molecule has 2 aromatic carbocycles. The zero-order chi connectivity index (χ0) is 16.1. The first-order valence-electron chi connectivity index (χ1n) is 7.99. The van der Waals surface area contributed by atoms with Crippen molar-refractivity contribution in [2.75, 3.05) is 11.9 Å². The fraction of sp³-hybridized carbons (Fsp3) is 0.158. The van der Waals surface area contributed by atoms with Crippen molar-refractivity contribution in [3.8, 4) is 5.75 Å². The highest BCUT2D eigenvalue weighted by molar-refractivity contribution is 5.84. The average Bonchev–Trinajstić information content (AvgIpc) is 3.08. The van der Waals surface area contributed by atoms with E-state index < -0.39 is 0 Å². The molecule has 0 spiro atoms. The first kappa shape index (κ1) is 13.4. The van der Waals surface area contributed by atoms with Crippen LogP contribution in [0.2, 0.25) is 0 Å². The number of aromatic nitrogens is 3. The van der Waals surface area contributed by atoms with Gasteiger partial charge in [0.25, 0.3) is 0 Å². The monoisotopic (exact) mass is 316 g/mol. The Morgan fingerprint density at radius 2 is 2.04 bits per heavy atom. The quantitative estimate of drug-likeness (QED) is 0.747. The molecule has 0 saturated carbocycles. The normalized spacial score (nSPS) is 18.1. The number of ether oxygens (including phenoxy) is 1. The number of hydrogen-bond donors (Lipinski definition) is 1. The van der Waals surface area contributed by atoms with Gasteiger partial charge >= 0.3 is 0 Å². The summed E-state index contributed by atoms with van der Waals surface area (Å²) in [5, 5.41) is 7.88. The van der Waals surface area contributed by atoms with Crippen molar-refractivity contribution in [3.05, 3.63) is 77.1 Å². The highest BCUT2D eigenvalue weighted by atomic mass is 16.5. The molecule has 5 heteroatoms. The standard InChI is InChI=1S/C19H16N4O/c1-12-7-8-16-14(9-12)17-15(10-24-16)18(13-5-3-2-4-6-13)23-19(22-17)20-11-21-23/h2-9,11,18H,10H2,1H3,(H,20,21,22)/t18-/m1/s1. The van der Waals surface area contributed by atoms with Crippen LogP contribution in [0.15, 0.2) is 60.4 Å². The van der Waals surface area contributed by atoms with Gasteiger partial charge in [-0.3, -0.25) is 0 Å². The molecule has 1 aromatic heterocycles. The summed E-state index contributed by atoms with van der Waals surface area (Å²) in [6.07, 6.45) is 1.59. The number of rotatable bonds is 1. The Balaban J connectivity index is 1.75. The minimum atomic E-state index is -0.00591. The molecule has 2 aliphatic rings. The Morgan fingerprint density at radius 1 is 1.17 bits per heavy atom. The summed E-state index contributed by atoms with van der Waals surface area (Å²) in [5.41, 5.74) is 5.74. The van der Waals surface area contributed by atoms with Crippen LogP contribution in [0, 0.1) is 6.92 Å². The van der Waals surface area contributed by atoms with Crippen LogP contribution in [0.25, 0.3) is 5.70 Å². The van der Waals surface area contributed by atoms with Gasteiger partial charge in [-0.2, -0.15) is 10.1 Å². The smallest absolute Gasteiger partial charge is 0.226 e. The third kappa shape index (κ3) is 1.88. The molecule has 3 heterocycles. The van der Waals surface area contributed by atoms with E-state index in [0.717, 1.165) is 23.0 Å². The molecule has 5 rings (SSSR count). The van der Waals surface area contributed by atoms with Crippen LogP contribution in [-0.4, -0.2) is 21.4 Å². The summed E-state index contributed by atoms with van der Waals surface area (Å²) >= 11 is 0. The molecule has 0 amide bonds. The number of hydrogen-bond acceptors (Lipinski definition) is 4. The molecule has 0 saturated heterocycles. The summed E-state index contributed by atoms with van der Waals surface area (Å²) in [4.78, 5) is 4.38. The molecule has 3 aromatic rings. The van der Waals surface area contributed by atoms with Gasteiger partial charge in [-0.05, 0) is 24.6 Å². The average molecular weight is 316 g/mol. The fourth-order valence-corrected chi connectivity index (χ4v) is 3.49. The number of aryl methyl sites for hydroxylation is 1. The predicted molar refractivity (Wildman–Crippen MR) is 91.8 cm³/mol. The van der Waals surface area contributed by atoms with Crippen molar-refractivity contribution < 1.29 is 4.74 Å². The van der Waals surface area contributed by atoms with Gasteiger partial charge in [-0.1, -0.05) is 42.0 Å². The van der Waals surface area contributed by atoms with Gasteiger partial charge in [0.05, 0.1) is 5.70 Å². The Labute approximate surface area is 139 Å². The third-order valence-electron chi connectivity index (χ3n) is 4.61. The van der Waals surface area contributed by atoms with E-state index in [4.69, 9.17) is 4.74 Å². The molecule has 0 radical (unpaired) electrons. The van der Waals surface area contributed by atoms with Crippen molar-refractivity contribution in [1.82, 2.24) is 14.8 Å².